The van der Waals surface area contributed by atoms with E-state index >= 15 is 0 Å². The molecule has 0 aromatic carbocycles. The van der Waals surface area contributed by atoms with Crippen LogP contribution in [0.5, 0.6) is 0 Å². The summed E-state index contributed by atoms with van der Waals surface area (Å²) >= 11 is 0. The Morgan fingerprint density at radius 2 is 1.53 bits per heavy atom. The quantitative estimate of drug-likeness (QED) is 0.408. The van der Waals surface area contributed by atoms with Gasteiger partial charge < -0.3 is 30.3 Å². The van der Waals surface area contributed by atoms with Crippen molar-refractivity contribution in [2.24, 2.45) is 11.3 Å². The predicted octanol–water partition coefficient (Wildman–Crippen LogP) is 4.14. The first-order valence-corrected chi connectivity index (χ1v) is 11.0. The molecule has 0 bridgehead atoms. The first-order chi connectivity index (χ1) is 14.8. The van der Waals surface area contributed by atoms with Crippen LogP contribution in [0.2, 0.25) is 0 Å². The summed E-state index contributed by atoms with van der Waals surface area (Å²) in [7, 11) is 0. The van der Waals surface area contributed by atoms with Crippen LogP contribution in [0, 0.1) is 11.3 Å². The number of hydrogen-bond donors (Lipinski definition) is 5. The van der Waals surface area contributed by atoms with Gasteiger partial charge in [0, 0.05) is 30.4 Å². The van der Waals surface area contributed by atoms with Crippen molar-refractivity contribution in [1.82, 2.24) is 0 Å². The largest absolute Gasteiger partial charge is 0.511 e. The molecule has 8 nitrogen and oxygen atoms in total. The standard InChI is InChI=1S/C24H32O8/c1-6-8-14(25)16-20-12(21(29)23(4,5)22(16)30)10-13-18(27)11(3)19(28)17(15(26)9-7-2)24(13,31)32-20/h11,20,27-31H,6-10H2,1-5H3/t11-,20+,24-/m0/s1. The second kappa shape index (κ2) is 8.08. The lowest BCUT2D eigenvalue weighted by molar-refractivity contribution is -0.185. The van der Waals surface area contributed by atoms with E-state index in [1.54, 1.807) is 27.7 Å². The van der Waals surface area contributed by atoms with Gasteiger partial charge in [-0.25, -0.2) is 0 Å². The Balaban J connectivity index is 2.25. The van der Waals surface area contributed by atoms with Crippen LogP contribution in [0.4, 0.5) is 0 Å². The highest BCUT2D eigenvalue weighted by molar-refractivity contribution is 6.00. The van der Waals surface area contributed by atoms with Gasteiger partial charge in [0.1, 0.15) is 29.1 Å². The summed E-state index contributed by atoms with van der Waals surface area (Å²) in [4.78, 5) is 25.8. The van der Waals surface area contributed by atoms with E-state index in [2.05, 4.69) is 0 Å². The van der Waals surface area contributed by atoms with Crippen LogP contribution in [-0.2, 0) is 14.3 Å². The molecular weight excluding hydrogens is 416 g/mol. The van der Waals surface area contributed by atoms with Crippen molar-refractivity contribution >= 4 is 11.6 Å². The highest BCUT2D eigenvalue weighted by atomic mass is 16.6. The van der Waals surface area contributed by atoms with Gasteiger partial charge >= 0.3 is 0 Å². The number of carbonyl (C=O) groups is 2. The lowest BCUT2D eigenvalue weighted by Gasteiger charge is -2.48. The highest BCUT2D eigenvalue weighted by Gasteiger charge is 2.58. The SMILES string of the molecule is CCCC(=O)C1=C(O)C(C)(C)C(O)=C2CC3=C(O)[C@H](C)C(O)=C(C(=O)CCC)[C@@]3(O)O[C@H]21. The molecule has 1 saturated heterocycles. The van der Waals surface area contributed by atoms with Gasteiger partial charge in [-0.05, 0) is 33.6 Å². The van der Waals surface area contributed by atoms with E-state index in [0.717, 1.165) is 0 Å². The molecule has 0 aromatic rings. The molecule has 3 aliphatic rings. The monoisotopic (exact) mass is 448 g/mol. The van der Waals surface area contributed by atoms with E-state index in [0.29, 0.717) is 12.8 Å². The molecule has 0 unspecified atom stereocenters. The smallest absolute Gasteiger partial charge is 0.227 e. The van der Waals surface area contributed by atoms with E-state index in [-0.39, 0.29) is 58.8 Å². The van der Waals surface area contributed by atoms with Gasteiger partial charge in [-0.1, -0.05) is 13.8 Å². The third-order valence-corrected chi connectivity index (χ3v) is 6.64. The second-order valence-electron chi connectivity index (χ2n) is 9.27. The molecule has 1 heterocycles. The molecule has 3 rings (SSSR count). The minimum absolute atomic E-state index is 0.0280. The van der Waals surface area contributed by atoms with E-state index < -0.39 is 40.5 Å². The zero-order valence-electron chi connectivity index (χ0n) is 19.2. The predicted molar refractivity (Wildman–Crippen MR) is 116 cm³/mol. The summed E-state index contributed by atoms with van der Waals surface area (Å²) in [6.45, 7) is 8.17. The summed E-state index contributed by atoms with van der Waals surface area (Å²) in [5.41, 5.74) is -1.62. The third-order valence-electron chi connectivity index (χ3n) is 6.64. The van der Waals surface area contributed by atoms with Crippen LogP contribution in [0.3, 0.4) is 0 Å². The van der Waals surface area contributed by atoms with E-state index in [9.17, 15) is 35.1 Å². The first-order valence-electron chi connectivity index (χ1n) is 11.0. The third kappa shape index (κ3) is 3.28. The van der Waals surface area contributed by atoms with E-state index in [4.69, 9.17) is 4.74 Å². The molecular formula is C24H32O8. The molecule has 0 amide bonds. The summed E-state index contributed by atoms with van der Waals surface area (Å²) < 4.78 is 5.91. The Kier molecular flexibility index (Phi) is 6.08. The number of aliphatic hydroxyl groups is 5. The molecule has 3 atom stereocenters. The summed E-state index contributed by atoms with van der Waals surface area (Å²) in [5, 5.41) is 54.9. The van der Waals surface area contributed by atoms with Crippen molar-refractivity contribution in [1.29, 1.82) is 0 Å². The fraction of sp³-hybridized carbons (Fsp3) is 0.583. The van der Waals surface area contributed by atoms with Crippen molar-refractivity contribution in [2.75, 3.05) is 0 Å². The lowest BCUT2D eigenvalue weighted by atomic mass is 9.69. The van der Waals surface area contributed by atoms with Crippen LogP contribution in [0.15, 0.2) is 45.3 Å². The zero-order valence-corrected chi connectivity index (χ0v) is 19.2. The number of rotatable bonds is 6. The Morgan fingerprint density at radius 3 is 2.09 bits per heavy atom. The van der Waals surface area contributed by atoms with Gasteiger partial charge in [-0.2, -0.15) is 0 Å². The first kappa shape index (κ1) is 24.1. The number of hydrogen-bond acceptors (Lipinski definition) is 8. The maximum absolute atomic E-state index is 12.9. The van der Waals surface area contributed by atoms with Crippen LogP contribution >= 0.6 is 0 Å². The van der Waals surface area contributed by atoms with Gasteiger partial charge in [-0.3, -0.25) is 9.59 Å². The number of carbonyl (C=O) groups excluding carboxylic acids is 2. The summed E-state index contributed by atoms with van der Waals surface area (Å²) in [6.07, 6.45) is -0.443. The van der Waals surface area contributed by atoms with Gasteiger partial charge in [0.15, 0.2) is 11.6 Å². The molecule has 1 aliphatic heterocycles. The fourth-order valence-electron chi connectivity index (χ4n) is 4.71. The molecule has 1 fully saturated rings. The molecule has 176 valence electrons. The van der Waals surface area contributed by atoms with Crippen molar-refractivity contribution in [2.45, 2.75) is 78.6 Å². The minimum Gasteiger partial charge on any atom is -0.511 e. The molecule has 0 aromatic heterocycles. The highest BCUT2D eigenvalue weighted by Crippen LogP contribution is 2.54. The molecule has 32 heavy (non-hydrogen) atoms. The zero-order chi connectivity index (χ0) is 24.2. The maximum Gasteiger partial charge on any atom is 0.227 e. The number of Topliss-reactive ketones (excluding diaryl/α,β-unsaturated/α-hetero) is 2. The topological polar surface area (TPSA) is 145 Å². The van der Waals surface area contributed by atoms with Gasteiger partial charge in [0.25, 0.3) is 0 Å². The maximum atomic E-state index is 12.9. The van der Waals surface area contributed by atoms with Crippen molar-refractivity contribution in [3.8, 4) is 0 Å². The Labute approximate surface area is 187 Å². The Hall–Kier alpha value is -2.58. The second-order valence-corrected chi connectivity index (χ2v) is 9.27. The van der Waals surface area contributed by atoms with Gasteiger partial charge in [0.2, 0.25) is 5.79 Å². The van der Waals surface area contributed by atoms with Gasteiger partial charge in [0.05, 0.1) is 22.5 Å². The molecule has 0 spiro atoms. The fourth-order valence-corrected chi connectivity index (χ4v) is 4.71. The molecule has 8 heteroatoms. The van der Waals surface area contributed by atoms with Crippen molar-refractivity contribution < 1.29 is 39.9 Å². The van der Waals surface area contributed by atoms with Crippen molar-refractivity contribution in [3.63, 3.8) is 0 Å². The summed E-state index contributed by atoms with van der Waals surface area (Å²) in [6, 6.07) is 0. The van der Waals surface area contributed by atoms with Crippen LogP contribution in [-0.4, -0.2) is 49.0 Å². The van der Waals surface area contributed by atoms with Crippen LogP contribution in [0.25, 0.3) is 0 Å². The van der Waals surface area contributed by atoms with Crippen LogP contribution < -0.4 is 0 Å². The molecule has 5 N–H and O–H groups in total. The normalized spacial score (nSPS) is 29.8. The summed E-state index contributed by atoms with van der Waals surface area (Å²) in [5.74, 6) is -5.89. The minimum atomic E-state index is -2.50. The lowest BCUT2D eigenvalue weighted by Crippen LogP contribution is -2.53. The number of fused-ring (bicyclic) bond motifs is 2. The number of ether oxygens (including phenoxy) is 1. The molecule has 0 saturated carbocycles. The number of ketones is 2. The Bertz CT molecular complexity index is 993. The average molecular weight is 449 g/mol. The van der Waals surface area contributed by atoms with E-state index in [1.165, 1.54) is 6.92 Å². The van der Waals surface area contributed by atoms with E-state index in [1.807, 2.05) is 0 Å². The van der Waals surface area contributed by atoms with Gasteiger partial charge in [-0.15, -0.1) is 0 Å². The molecule has 0 radical (unpaired) electrons. The molecule has 2 aliphatic carbocycles. The average Bonchev–Trinajstić information content (AvgIpc) is 2.71. The Morgan fingerprint density at radius 1 is 0.969 bits per heavy atom. The van der Waals surface area contributed by atoms with Crippen LogP contribution in [0.1, 0.15) is 66.7 Å². The number of aliphatic hydroxyl groups excluding tert-OH is 4. The van der Waals surface area contributed by atoms with Crippen molar-refractivity contribution in [3.05, 3.63) is 45.3 Å².